The van der Waals surface area contributed by atoms with Crippen molar-refractivity contribution in [3.05, 3.63) is 173 Å². The Morgan fingerprint density at radius 1 is 0.410 bits per heavy atom. The van der Waals surface area contributed by atoms with Crippen molar-refractivity contribution in [2.45, 2.75) is 104 Å². The fourth-order valence-corrected chi connectivity index (χ4v) is 11.1. The first kappa shape index (κ1) is 38.2. The van der Waals surface area contributed by atoms with E-state index in [0.29, 0.717) is 0 Å². The van der Waals surface area contributed by atoms with Gasteiger partial charge in [-0.2, -0.15) is 0 Å². The summed E-state index contributed by atoms with van der Waals surface area (Å²) in [5.41, 5.74) is 26.2. The summed E-state index contributed by atoms with van der Waals surface area (Å²) in [4.78, 5) is 5.41. The van der Waals surface area contributed by atoms with Crippen LogP contribution in [0.15, 0.2) is 140 Å². The predicted molar refractivity (Wildman–Crippen MR) is 262 cm³/mol. The van der Waals surface area contributed by atoms with E-state index in [4.69, 9.17) is 0 Å². The lowest BCUT2D eigenvalue weighted by atomic mass is 9.33. The van der Waals surface area contributed by atoms with Crippen molar-refractivity contribution in [3.63, 3.8) is 0 Å². The van der Waals surface area contributed by atoms with E-state index in [-0.39, 0.29) is 17.5 Å². The van der Waals surface area contributed by atoms with Gasteiger partial charge < -0.3 is 9.80 Å². The SMILES string of the molecule is CC(C)(C)c1ccc2c(c1)N(c1cc(-c3ccccc3)cc(-c3ccccc3)c1)c1cccc3c1B2c1ccc(C(C)(C)C)cc1N3c1c2c(cc3c1CCCC3)CCCC2. The number of benzene rings is 7. The number of hydrogen-bond acceptors (Lipinski definition) is 2. The largest absolute Gasteiger partial charge is 0.311 e. The third-order valence-electron chi connectivity index (χ3n) is 14.3. The summed E-state index contributed by atoms with van der Waals surface area (Å²) in [5, 5.41) is 0. The van der Waals surface area contributed by atoms with Gasteiger partial charge in [-0.25, -0.2) is 0 Å². The number of fused-ring (bicyclic) bond motifs is 6. The van der Waals surface area contributed by atoms with Gasteiger partial charge >= 0.3 is 0 Å². The van der Waals surface area contributed by atoms with E-state index in [1.807, 2.05) is 0 Å². The highest BCUT2D eigenvalue weighted by molar-refractivity contribution is 7.00. The molecule has 0 spiro atoms. The van der Waals surface area contributed by atoms with Crippen molar-refractivity contribution in [1.29, 1.82) is 0 Å². The molecule has 0 N–H and O–H groups in total. The van der Waals surface area contributed by atoms with Gasteiger partial charge in [0.1, 0.15) is 0 Å². The highest BCUT2D eigenvalue weighted by Crippen LogP contribution is 2.50. The Balaban J connectivity index is 1.23. The highest BCUT2D eigenvalue weighted by atomic mass is 15.2. The zero-order valence-corrected chi connectivity index (χ0v) is 36.9. The average molecular weight is 793 g/mol. The van der Waals surface area contributed by atoms with E-state index in [1.54, 1.807) is 22.3 Å². The molecule has 0 saturated heterocycles. The summed E-state index contributed by atoms with van der Waals surface area (Å²) in [5.74, 6) is 0. The lowest BCUT2D eigenvalue weighted by Gasteiger charge is -2.46. The van der Waals surface area contributed by atoms with Gasteiger partial charge in [-0.05, 0) is 177 Å². The van der Waals surface area contributed by atoms with E-state index < -0.39 is 0 Å². The van der Waals surface area contributed by atoms with Gasteiger partial charge in [0.25, 0.3) is 6.71 Å². The smallest absolute Gasteiger partial charge is 0.252 e. The van der Waals surface area contributed by atoms with Crippen LogP contribution < -0.4 is 26.2 Å². The van der Waals surface area contributed by atoms with E-state index in [2.05, 4.69) is 191 Å². The zero-order chi connectivity index (χ0) is 41.6. The minimum Gasteiger partial charge on any atom is -0.311 e. The monoisotopic (exact) mass is 792 g/mol. The molecule has 61 heavy (non-hydrogen) atoms. The Morgan fingerprint density at radius 3 is 1.39 bits per heavy atom. The lowest BCUT2D eigenvalue weighted by Crippen LogP contribution is -2.61. The first-order valence-electron chi connectivity index (χ1n) is 23.0. The van der Waals surface area contributed by atoms with E-state index in [0.717, 1.165) is 12.8 Å². The van der Waals surface area contributed by atoms with Crippen molar-refractivity contribution >= 4 is 57.2 Å². The van der Waals surface area contributed by atoms with Crippen molar-refractivity contribution < 1.29 is 0 Å². The standard InChI is InChI=1S/C58H57BN2/c1-57(2,3)44-28-30-49-53(36-44)60(46-34-42(38-18-9-7-10-19-38)33-43(35-46)39-20-11-8-12-21-39)51-26-17-27-52-55(51)59(49)50-31-29-45(58(4,5)6)37-54(50)61(52)56-47-24-15-13-22-40(47)32-41-23-14-16-25-48(41)56/h7-12,17-21,26-37H,13-16,22-25H2,1-6H3. The predicted octanol–water partition coefficient (Wildman–Crippen LogP) is 13.5. The van der Waals surface area contributed by atoms with Crippen molar-refractivity contribution in [3.8, 4) is 22.3 Å². The Bertz CT molecular complexity index is 2750. The number of aryl methyl sites for hydroxylation is 2. The van der Waals surface area contributed by atoms with Crippen molar-refractivity contribution in [2.75, 3.05) is 9.80 Å². The molecule has 2 aliphatic carbocycles. The van der Waals surface area contributed by atoms with Crippen LogP contribution in [0.2, 0.25) is 0 Å². The molecule has 7 aromatic rings. The summed E-state index contributed by atoms with van der Waals surface area (Å²) < 4.78 is 0. The average Bonchev–Trinajstić information content (AvgIpc) is 3.28. The van der Waals surface area contributed by atoms with Gasteiger partial charge in [-0.3, -0.25) is 0 Å². The molecule has 2 heterocycles. The molecular weight excluding hydrogens is 735 g/mol. The van der Waals surface area contributed by atoms with E-state index in [9.17, 15) is 0 Å². The van der Waals surface area contributed by atoms with Gasteiger partial charge in [0.05, 0.1) is 5.69 Å². The summed E-state index contributed by atoms with van der Waals surface area (Å²) >= 11 is 0. The van der Waals surface area contributed by atoms with Gasteiger partial charge in [-0.15, -0.1) is 0 Å². The maximum atomic E-state index is 2.79. The summed E-state index contributed by atoms with van der Waals surface area (Å²) in [6.45, 7) is 14.2. The van der Waals surface area contributed by atoms with Crippen LogP contribution in [0, 0.1) is 0 Å². The maximum absolute atomic E-state index is 2.79. The Morgan fingerprint density at radius 2 is 0.885 bits per heavy atom. The summed E-state index contributed by atoms with van der Waals surface area (Å²) in [7, 11) is 0. The Hall–Kier alpha value is -5.80. The van der Waals surface area contributed by atoms with Crippen LogP contribution in [0.5, 0.6) is 0 Å². The van der Waals surface area contributed by atoms with Gasteiger partial charge in [-0.1, -0.05) is 139 Å². The highest BCUT2D eigenvalue weighted by Gasteiger charge is 2.45. The van der Waals surface area contributed by atoms with Crippen LogP contribution in [0.3, 0.4) is 0 Å². The molecule has 3 heteroatoms. The molecule has 302 valence electrons. The second-order valence-corrected chi connectivity index (χ2v) is 20.3. The van der Waals surface area contributed by atoms with Gasteiger partial charge in [0.2, 0.25) is 0 Å². The first-order chi connectivity index (χ1) is 29.5. The molecule has 0 aromatic heterocycles. The zero-order valence-electron chi connectivity index (χ0n) is 36.9. The minimum atomic E-state index is -0.0156. The molecule has 0 bridgehead atoms. The molecule has 11 rings (SSSR count). The number of hydrogen-bond donors (Lipinski definition) is 0. The number of nitrogens with zero attached hydrogens (tertiary/aromatic N) is 2. The van der Waals surface area contributed by atoms with Crippen LogP contribution in [0.1, 0.15) is 101 Å². The molecule has 0 amide bonds. The fraction of sp³-hybridized carbons (Fsp3) is 0.276. The molecule has 0 unspecified atom stereocenters. The third-order valence-corrected chi connectivity index (χ3v) is 14.3. The second kappa shape index (κ2) is 14.4. The van der Waals surface area contributed by atoms with Crippen molar-refractivity contribution in [2.24, 2.45) is 0 Å². The van der Waals surface area contributed by atoms with E-state index >= 15 is 0 Å². The topological polar surface area (TPSA) is 6.48 Å². The van der Waals surface area contributed by atoms with Crippen LogP contribution in [-0.2, 0) is 36.5 Å². The summed E-state index contributed by atoms with van der Waals surface area (Å²) in [6, 6.07) is 53.9. The number of anilines is 6. The Kier molecular flexibility index (Phi) is 9.01. The number of rotatable bonds is 4. The van der Waals surface area contributed by atoms with Gasteiger partial charge in [0.15, 0.2) is 0 Å². The third kappa shape index (κ3) is 6.38. The second-order valence-electron chi connectivity index (χ2n) is 20.3. The molecule has 4 aliphatic rings. The van der Waals surface area contributed by atoms with E-state index in [1.165, 1.54) is 122 Å². The summed E-state index contributed by atoms with van der Waals surface area (Å²) in [6.07, 6.45) is 9.77. The molecule has 0 saturated carbocycles. The minimum absolute atomic E-state index is 0.0154. The maximum Gasteiger partial charge on any atom is 0.252 e. The molecule has 0 radical (unpaired) electrons. The van der Waals surface area contributed by atoms with Crippen LogP contribution in [-0.4, -0.2) is 6.71 Å². The molecule has 7 aromatic carbocycles. The molecule has 2 aliphatic heterocycles. The quantitative estimate of drug-likeness (QED) is 0.164. The van der Waals surface area contributed by atoms with Crippen LogP contribution in [0.4, 0.5) is 34.1 Å². The Labute approximate surface area is 364 Å². The molecule has 0 fully saturated rings. The normalized spacial score (nSPS) is 15.4. The molecular formula is C58H57BN2. The first-order valence-corrected chi connectivity index (χ1v) is 23.0. The van der Waals surface area contributed by atoms with Gasteiger partial charge in [0, 0.05) is 28.4 Å². The van der Waals surface area contributed by atoms with Crippen LogP contribution in [0.25, 0.3) is 22.3 Å². The van der Waals surface area contributed by atoms with Crippen LogP contribution >= 0.6 is 0 Å². The molecule has 2 nitrogen and oxygen atoms in total. The fourth-order valence-electron chi connectivity index (χ4n) is 11.1. The lowest BCUT2D eigenvalue weighted by molar-refractivity contribution is 0.590. The molecule has 0 atom stereocenters. The van der Waals surface area contributed by atoms with Crippen molar-refractivity contribution in [1.82, 2.24) is 0 Å².